The summed E-state index contributed by atoms with van der Waals surface area (Å²) < 4.78 is 3.68. The van der Waals surface area contributed by atoms with Crippen LogP contribution in [0.4, 0.5) is 5.69 Å². The lowest BCUT2D eigenvalue weighted by molar-refractivity contribution is -0.122. The third-order valence-electron chi connectivity index (χ3n) is 5.91. The molecule has 4 rings (SSSR count). The zero-order valence-electron chi connectivity index (χ0n) is 18.1. The van der Waals surface area contributed by atoms with E-state index in [0.717, 1.165) is 35.8 Å². The van der Waals surface area contributed by atoms with Gasteiger partial charge in [-0.2, -0.15) is 0 Å². The molecule has 32 heavy (non-hydrogen) atoms. The Labute approximate surface area is 183 Å². The molecule has 0 unspecified atom stereocenters. The van der Waals surface area contributed by atoms with E-state index in [1.165, 1.54) is 22.5 Å². The van der Waals surface area contributed by atoms with E-state index >= 15 is 0 Å². The van der Waals surface area contributed by atoms with E-state index in [9.17, 15) is 19.2 Å². The summed E-state index contributed by atoms with van der Waals surface area (Å²) in [5.74, 6) is -0.369. The summed E-state index contributed by atoms with van der Waals surface area (Å²) in [6, 6.07) is 7.26. The van der Waals surface area contributed by atoms with Crippen LogP contribution >= 0.6 is 0 Å². The maximum atomic E-state index is 12.7. The molecule has 168 valence electrons. The minimum atomic E-state index is -0.604. The maximum Gasteiger partial charge on any atom is 0.332 e. The van der Waals surface area contributed by atoms with Crippen LogP contribution < -0.4 is 21.9 Å². The molecule has 1 aliphatic carbocycles. The molecule has 2 N–H and O–H groups in total. The smallest absolute Gasteiger partial charge is 0.332 e. The van der Waals surface area contributed by atoms with Crippen molar-refractivity contribution in [3.63, 3.8) is 0 Å². The Balaban J connectivity index is 1.43. The van der Waals surface area contributed by atoms with Crippen LogP contribution in [0, 0.1) is 5.92 Å². The van der Waals surface area contributed by atoms with Gasteiger partial charge in [0.05, 0.1) is 6.33 Å². The number of aryl methyl sites for hydroxylation is 2. The van der Waals surface area contributed by atoms with Crippen molar-refractivity contribution >= 4 is 28.7 Å². The van der Waals surface area contributed by atoms with Crippen molar-refractivity contribution < 1.29 is 9.59 Å². The first-order valence-corrected chi connectivity index (χ1v) is 10.6. The number of benzene rings is 1. The molecule has 1 aliphatic rings. The molecule has 2 amide bonds. The average molecular weight is 438 g/mol. The van der Waals surface area contributed by atoms with E-state index in [1.807, 2.05) is 18.2 Å². The monoisotopic (exact) mass is 438 g/mol. The summed E-state index contributed by atoms with van der Waals surface area (Å²) in [6.07, 6.45) is 5.47. The van der Waals surface area contributed by atoms with Gasteiger partial charge >= 0.3 is 5.69 Å². The van der Waals surface area contributed by atoms with E-state index in [1.54, 1.807) is 13.1 Å². The van der Waals surface area contributed by atoms with E-state index in [-0.39, 0.29) is 29.5 Å². The summed E-state index contributed by atoms with van der Waals surface area (Å²) in [7, 11) is 3.17. The largest absolute Gasteiger partial charge is 0.350 e. The summed E-state index contributed by atoms with van der Waals surface area (Å²) in [5, 5.41) is 5.67. The first-order valence-electron chi connectivity index (χ1n) is 10.6. The molecule has 1 aromatic carbocycles. The molecule has 0 aliphatic heterocycles. The van der Waals surface area contributed by atoms with Crippen molar-refractivity contribution in [2.45, 2.75) is 38.8 Å². The lowest BCUT2D eigenvalue weighted by Crippen LogP contribution is -2.43. The van der Waals surface area contributed by atoms with Gasteiger partial charge in [-0.15, -0.1) is 0 Å². The highest BCUT2D eigenvalue weighted by Gasteiger charge is 2.22. The highest BCUT2D eigenvalue weighted by Crippen LogP contribution is 2.26. The van der Waals surface area contributed by atoms with Crippen LogP contribution in [0.1, 0.15) is 31.2 Å². The van der Waals surface area contributed by atoms with Crippen molar-refractivity contribution in [1.29, 1.82) is 0 Å². The minimum Gasteiger partial charge on any atom is -0.350 e. The standard InChI is InChI=1S/C22H26N6O4/c1-26-13-24-19-18(26)21(31)28(22(32)27(19)2)12-17(29)23-11-14-6-5-9-16(10-14)25-20(30)15-7-3-4-8-15/h5-6,9-10,13,15H,3-4,7-8,11-12H2,1-2H3,(H,23,29)(H,25,30). The second-order valence-corrected chi connectivity index (χ2v) is 8.21. The maximum absolute atomic E-state index is 12.7. The van der Waals surface area contributed by atoms with Crippen molar-refractivity contribution in [3.05, 3.63) is 57.0 Å². The van der Waals surface area contributed by atoms with Gasteiger partial charge in [0.2, 0.25) is 11.8 Å². The van der Waals surface area contributed by atoms with Gasteiger partial charge in [0.15, 0.2) is 11.2 Å². The fourth-order valence-corrected chi connectivity index (χ4v) is 4.13. The Morgan fingerprint density at radius 3 is 2.66 bits per heavy atom. The van der Waals surface area contributed by atoms with E-state index in [4.69, 9.17) is 0 Å². The van der Waals surface area contributed by atoms with Crippen LogP contribution in [0.3, 0.4) is 0 Å². The molecule has 0 saturated heterocycles. The molecule has 0 atom stereocenters. The molecule has 0 spiro atoms. The Kier molecular flexibility index (Phi) is 5.93. The van der Waals surface area contributed by atoms with Gasteiger partial charge in [-0.3, -0.25) is 19.0 Å². The molecule has 3 aromatic rings. The van der Waals surface area contributed by atoms with Crippen LogP contribution in [-0.2, 0) is 36.8 Å². The predicted molar refractivity (Wildman–Crippen MR) is 119 cm³/mol. The van der Waals surface area contributed by atoms with Gasteiger partial charge in [-0.05, 0) is 30.5 Å². The summed E-state index contributed by atoms with van der Waals surface area (Å²) in [6.45, 7) is -0.195. The number of amides is 2. The van der Waals surface area contributed by atoms with Crippen molar-refractivity contribution in [2.75, 3.05) is 5.32 Å². The second-order valence-electron chi connectivity index (χ2n) is 8.21. The van der Waals surface area contributed by atoms with E-state index in [0.29, 0.717) is 5.69 Å². The predicted octanol–water partition coefficient (Wildman–Crippen LogP) is 0.879. The molecule has 1 fully saturated rings. The Bertz CT molecular complexity index is 1300. The highest BCUT2D eigenvalue weighted by molar-refractivity contribution is 5.92. The number of rotatable bonds is 6. The number of aromatic nitrogens is 4. The summed E-state index contributed by atoms with van der Waals surface area (Å²) in [4.78, 5) is 54.1. The number of fused-ring (bicyclic) bond motifs is 1. The van der Waals surface area contributed by atoms with Gasteiger partial charge in [0.1, 0.15) is 6.54 Å². The fraction of sp³-hybridized carbons (Fsp3) is 0.409. The minimum absolute atomic E-state index is 0.0319. The number of nitrogens with zero attached hydrogens (tertiary/aromatic N) is 4. The molecular weight excluding hydrogens is 412 g/mol. The lowest BCUT2D eigenvalue weighted by Gasteiger charge is -2.12. The fourth-order valence-electron chi connectivity index (χ4n) is 4.13. The molecule has 10 nitrogen and oxygen atoms in total. The zero-order valence-corrected chi connectivity index (χ0v) is 18.1. The Morgan fingerprint density at radius 2 is 1.91 bits per heavy atom. The average Bonchev–Trinajstić information content (AvgIpc) is 3.44. The third-order valence-corrected chi connectivity index (χ3v) is 5.91. The molecule has 2 heterocycles. The van der Waals surface area contributed by atoms with Gasteiger partial charge < -0.3 is 15.2 Å². The number of anilines is 1. The van der Waals surface area contributed by atoms with Gasteiger partial charge in [0.25, 0.3) is 5.56 Å². The van der Waals surface area contributed by atoms with Crippen molar-refractivity contribution in [2.24, 2.45) is 20.0 Å². The van der Waals surface area contributed by atoms with Crippen molar-refractivity contribution in [1.82, 2.24) is 24.0 Å². The summed E-state index contributed by atoms with van der Waals surface area (Å²) >= 11 is 0. The van der Waals surface area contributed by atoms with Crippen LogP contribution in [0.25, 0.3) is 11.2 Å². The molecule has 10 heteroatoms. The number of hydrogen-bond donors (Lipinski definition) is 2. The third kappa shape index (κ3) is 4.20. The SMILES string of the molecule is Cn1cnc2c1c(=O)n(CC(=O)NCc1cccc(NC(=O)C3CCCC3)c1)c(=O)n2C. The van der Waals surface area contributed by atoms with Crippen LogP contribution in [0.5, 0.6) is 0 Å². The number of carbonyl (C=O) groups is 2. The van der Waals surface area contributed by atoms with Crippen LogP contribution in [0.15, 0.2) is 40.2 Å². The number of carbonyl (C=O) groups excluding carboxylic acids is 2. The molecular formula is C22H26N6O4. The van der Waals surface area contributed by atoms with Gasteiger partial charge in [-0.25, -0.2) is 14.3 Å². The number of imidazole rings is 1. The highest BCUT2D eigenvalue weighted by atomic mass is 16.2. The second kappa shape index (κ2) is 8.81. The van der Waals surface area contributed by atoms with Gasteiger partial charge in [0, 0.05) is 32.2 Å². The van der Waals surface area contributed by atoms with E-state index in [2.05, 4.69) is 15.6 Å². The molecule has 1 saturated carbocycles. The molecule has 0 radical (unpaired) electrons. The van der Waals surface area contributed by atoms with Crippen LogP contribution in [0.2, 0.25) is 0 Å². The Morgan fingerprint density at radius 1 is 1.16 bits per heavy atom. The first kappa shape index (κ1) is 21.5. The topological polar surface area (TPSA) is 120 Å². The first-order chi connectivity index (χ1) is 15.3. The molecule has 2 aromatic heterocycles. The molecule has 0 bridgehead atoms. The van der Waals surface area contributed by atoms with Gasteiger partial charge in [-0.1, -0.05) is 25.0 Å². The number of nitrogens with one attached hydrogen (secondary N) is 2. The summed E-state index contributed by atoms with van der Waals surface area (Å²) in [5.41, 5.74) is 0.842. The van der Waals surface area contributed by atoms with E-state index < -0.39 is 23.7 Å². The normalized spacial score (nSPS) is 14.1. The quantitative estimate of drug-likeness (QED) is 0.592. The lowest BCUT2D eigenvalue weighted by atomic mass is 10.1. The van der Waals surface area contributed by atoms with Crippen molar-refractivity contribution in [3.8, 4) is 0 Å². The number of hydrogen-bond acceptors (Lipinski definition) is 5. The zero-order chi connectivity index (χ0) is 22.8. The van der Waals surface area contributed by atoms with Crippen LogP contribution in [-0.4, -0.2) is 30.5 Å². The Hall–Kier alpha value is -3.69.